The maximum absolute atomic E-state index is 11.6. The fourth-order valence-electron chi connectivity index (χ4n) is 2.37. The van der Waals surface area contributed by atoms with Gasteiger partial charge in [-0.05, 0) is 18.9 Å². The standard InChI is InChI=1S/C12H13NO2/c14-12-10-6-2-1-5-9(10)11(15-12)13-7-3-4-8-13/h1-2,5-6,11H,3-4,7-8H2/t11-/m0/s1. The van der Waals surface area contributed by atoms with Gasteiger partial charge in [0.2, 0.25) is 0 Å². The number of benzene rings is 1. The highest BCUT2D eigenvalue weighted by Crippen LogP contribution is 2.34. The van der Waals surface area contributed by atoms with Crippen molar-refractivity contribution >= 4 is 5.97 Å². The van der Waals surface area contributed by atoms with E-state index in [9.17, 15) is 4.79 Å². The smallest absolute Gasteiger partial charge is 0.340 e. The summed E-state index contributed by atoms with van der Waals surface area (Å²) in [4.78, 5) is 13.8. The van der Waals surface area contributed by atoms with Crippen molar-refractivity contribution in [1.29, 1.82) is 0 Å². The highest BCUT2D eigenvalue weighted by atomic mass is 16.6. The molecule has 0 amide bonds. The molecule has 0 aromatic heterocycles. The van der Waals surface area contributed by atoms with Crippen LogP contribution in [0.15, 0.2) is 24.3 Å². The fraction of sp³-hybridized carbons (Fsp3) is 0.417. The summed E-state index contributed by atoms with van der Waals surface area (Å²) in [7, 11) is 0. The van der Waals surface area contributed by atoms with Crippen LogP contribution in [0.3, 0.4) is 0 Å². The topological polar surface area (TPSA) is 29.5 Å². The van der Waals surface area contributed by atoms with Crippen LogP contribution in [0, 0.1) is 0 Å². The molecule has 1 aromatic rings. The summed E-state index contributed by atoms with van der Waals surface area (Å²) in [6.07, 6.45) is 2.28. The Balaban J connectivity index is 1.97. The third kappa shape index (κ3) is 1.35. The number of rotatable bonds is 1. The third-order valence-electron chi connectivity index (χ3n) is 3.14. The molecule has 3 nitrogen and oxygen atoms in total. The van der Waals surface area contributed by atoms with Crippen LogP contribution in [0.4, 0.5) is 0 Å². The number of nitrogens with zero attached hydrogens (tertiary/aromatic N) is 1. The Hall–Kier alpha value is -1.35. The van der Waals surface area contributed by atoms with Crippen LogP contribution in [-0.4, -0.2) is 24.0 Å². The van der Waals surface area contributed by atoms with Crippen molar-refractivity contribution in [2.45, 2.75) is 19.1 Å². The molecule has 2 heterocycles. The maximum atomic E-state index is 11.6. The van der Waals surface area contributed by atoms with Crippen molar-refractivity contribution in [3.63, 3.8) is 0 Å². The van der Waals surface area contributed by atoms with E-state index in [0.717, 1.165) is 24.2 Å². The van der Waals surface area contributed by atoms with E-state index in [2.05, 4.69) is 4.90 Å². The highest BCUT2D eigenvalue weighted by Gasteiger charge is 2.35. The zero-order chi connectivity index (χ0) is 10.3. The summed E-state index contributed by atoms with van der Waals surface area (Å²) in [5, 5.41) is 0. The second-order valence-corrected chi connectivity index (χ2v) is 4.09. The minimum Gasteiger partial charge on any atom is -0.438 e. The number of carbonyl (C=O) groups excluding carboxylic acids is 1. The maximum Gasteiger partial charge on any atom is 0.340 e. The molecule has 0 spiro atoms. The first-order valence-electron chi connectivity index (χ1n) is 5.40. The number of ether oxygens (including phenoxy) is 1. The predicted octanol–water partition coefficient (Wildman–Crippen LogP) is 1.95. The van der Waals surface area contributed by atoms with Crippen LogP contribution in [0.25, 0.3) is 0 Å². The van der Waals surface area contributed by atoms with E-state index in [-0.39, 0.29) is 12.2 Å². The molecule has 1 fully saturated rings. The average molecular weight is 203 g/mol. The van der Waals surface area contributed by atoms with E-state index in [4.69, 9.17) is 4.74 Å². The van der Waals surface area contributed by atoms with E-state index in [0.29, 0.717) is 0 Å². The van der Waals surface area contributed by atoms with Crippen LogP contribution >= 0.6 is 0 Å². The zero-order valence-electron chi connectivity index (χ0n) is 8.48. The van der Waals surface area contributed by atoms with Crippen LogP contribution in [-0.2, 0) is 4.74 Å². The van der Waals surface area contributed by atoms with Gasteiger partial charge in [-0.2, -0.15) is 0 Å². The molecule has 2 aliphatic rings. The van der Waals surface area contributed by atoms with Gasteiger partial charge < -0.3 is 4.74 Å². The first-order valence-corrected chi connectivity index (χ1v) is 5.40. The van der Waals surface area contributed by atoms with Crippen molar-refractivity contribution in [2.75, 3.05) is 13.1 Å². The highest BCUT2D eigenvalue weighted by molar-refractivity contribution is 5.93. The molecular formula is C12H13NO2. The number of likely N-dealkylation sites (tertiary alicyclic amines) is 1. The molecule has 1 atom stereocenters. The number of fused-ring (bicyclic) bond motifs is 1. The van der Waals surface area contributed by atoms with E-state index < -0.39 is 0 Å². The molecular weight excluding hydrogens is 190 g/mol. The van der Waals surface area contributed by atoms with Crippen molar-refractivity contribution < 1.29 is 9.53 Å². The van der Waals surface area contributed by atoms with E-state index in [1.807, 2.05) is 24.3 Å². The molecule has 0 saturated carbocycles. The number of carbonyl (C=O) groups is 1. The summed E-state index contributed by atoms with van der Waals surface area (Å²) in [5.74, 6) is -0.178. The van der Waals surface area contributed by atoms with E-state index >= 15 is 0 Å². The Morgan fingerprint density at radius 3 is 2.73 bits per heavy atom. The molecule has 3 rings (SSSR count). The number of cyclic esters (lactones) is 1. The minimum atomic E-state index is -0.178. The Morgan fingerprint density at radius 2 is 1.93 bits per heavy atom. The first kappa shape index (κ1) is 8.92. The number of hydrogen-bond donors (Lipinski definition) is 0. The molecule has 1 saturated heterocycles. The zero-order valence-corrected chi connectivity index (χ0v) is 8.48. The van der Waals surface area contributed by atoms with Crippen LogP contribution in [0.2, 0.25) is 0 Å². The molecule has 2 aliphatic heterocycles. The van der Waals surface area contributed by atoms with Crippen molar-refractivity contribution in [2.24, 2.45) is 0 Å². The molecule has 78 valence electrons. The lowest BCUT2D eigenvalue weighted by molar-refractivity contribution is -0.0135. The predicted molar refractivity (Wildman–Crippen MR) is 55.4 cm³/mol. The van der Waals surface area contributed by atoms with Gasteiger partial charge >= 0.3 is 5.97 Å². The summed E-state index contributed by atoms with van der Waals surface area (Å²) in [6, 6.07) is 7.67. The average Bonchev–Trinajstić information content (AvgIpc) is 2.87. The molecule has 0 N–H and O–H groups in total. The van der Waals surface area contributed by atoms with Gasteiger partial charge in [0.25, 0.3) is 0 Å². The minimum absolute atomic E-state index is 0.129. The van der Waals surface area contributed by atoms with Crippen LogP contribution in [0.5, 0.6) is 0 Å². The van der Waals surface area contributed by atoms with Gasteiger partial charge in [-0.25, -0.2) is 4.79 Å². The van der Waals surface area contributed by atoms with Gasteiger partial charge in [0, 0.05) is 18.7 Å². The number of esters is 1. The Morgan fingerprint density at radius 1 is 1.20 bits per heavy atom. The van der Waals surface area contributed by atoms with Crippen molar-refractivity contribution in [3.05, 3.63) is 35.4 Å². The summed E-state index contributed by atoms with van der Waals surface area (Å²) in [5.41, 5.74) is 1.76. The van der Waals surface area contributed by atoms with E-state index in [1.165, 1.54) is 12.8 Å². The van der Waals surface area contributed by atoms with Gasteiger partial charge in [0.05, 0.1) is 5.56 Å². The lowest BCUT2D eigenvalue weighted by Crippen LogP contribution is -2.25. The summed E-state index contributed by atoms with van der Waals surface area (Å²) < 4.78 is 5.40. The quantitative estimate of drug-likeness (QED) is 0.653. The molecule has 0 aliphatic carbocycles. The van der Waals surface area contributed by atoms with Gasteiger partial charge in [0.1, 0.15) is 0 Å². The lowest BCUT2D eigenvalue weighted by atomic mass is 10.1. The Labute approximate surface area is 88.6 Å². The molecule has 1 aromatic carbocycles. The molecule has 0 radical (unpaired) electrons. The second-order valence-electron chi connectivity index (χ2n) is 4.09. The second kappa shape index (κ2) is 3.35. The van der Waals surface area contributed by atoms with Crippen LogP contribution in [0.1, 0.15) is 35.0 Å². The van der Waals surface area contributed by atoms with Gasteiger partial charge in [-0.1, -0.05) is 18.2 Å². The van der Waals surface area contributed by atoms with Crippen LogP contribution < -0.4 is 0 Å². The molecule has 0 bridgehead atoms. The van der Waals surface area contributed by atoms with Gasteiger partial charge in [-0.15, -0.1) is 0 Å². The SMILES string of the molecule is O=C1O[C@H](N2CCCC2)c2ccccc21. The number of hydrogen-bond acceptors (Lipinski definition) is 3. The van der Waals surface area contributed by atoms with Crippen molar-refractivity contribution in [1.82, 2.24) is 4.90 Å². The van der Waals surface area contributed by atoms with E-state index in [1.54, 1.807) is 0 Å². The Kier molecular flexibility index (Phi) is 1.99. The first-order chi connectivity index (χ1) is 7.36. The summed E-state index contributed by atoms with van der Waals surface area (Å²) in [6.45, 7) is 2.07. The lowest BCUT2D eigenvalue weighted by Gasteiger charge is -2.22. The molecule has 15 heavy (non-hydrogen) atoms. The molecule has 3 heteroatoms. The third-order valence-corrected chi connectivity index (χ3v) is 3.14. The monoisotopic (exact) mass is 203 g/mol. The fourth-order valence-corrected chi connectivity index (χ4v) is 2.37. The largest absolute Gasteiger partial charge is 0.438 e. The van der Waals surface area contributed by atoms with Gasteiger partial charge in [-0.3, -0.25) is 4.90 Å². The normalized spacial score (nSPS) is 25.3. The van der Waals surface area contributed by atoms with Crippen molar-refractivity contribution in [3.8, 4) is 0 Å². The Bertz CT molecular complexity index is 396. The van der Waals surface area contributed by atoms with Gasteiger partial charge in [0.15, 0.2) is 6.23 Å². The summed E-state index contributed by atoms with van der Waals surface area (Å²) >= 11 is 0. The molecule has 0 unspecified atom stereocenters.